The molecule has 1 atom stereocenters. The summed E-state index contributed by atoms with van der Waals surface area (Å²) in [7, 11) is 1.24. The molecule has 0 radical (unpaired) electrons. The van der Waals surface area contributed by atoms with E-state index in [-0.39, 0.29) is 35.2 Å². The maximum Gasteiger partial charge on any atom is 0.357 e. The standard InChI is InChI=1S/C20H20N4O4/c1-3-20(9-8-15(25)23-19(20)27)13-4-6-14(7-5-13)24-11-12(10-21)16(22)17(24)18(26)28-2/h4-7,11H,3,8-9,22H2,1-2H3,(H,23,25,27). The zero-order valence-corrected chi connectivity index (χ0v) is 15.6. The summed E-state index contributed by atoms with van der Waals surface area (Å²) in [5, 5.41) is 11.6. The molecule has 8 nitrogen and oxygen atoms in total. The van der Waals surface area contributed by atoms with E-state index >= 15 is 0 Å². The van der Waals surface area contributed by atoms with Gasteiger partial charge >= 0.3 is 5.97 Å². The quantitative estimate of drug-likeness (QED) is 0.615. The Morgan fingerprint density at radius 1 is 1.36 bits per heavy atom. The highest BCUT2D eigenvalue weighted by atomic mass is 16.5. The summed E-state index contributed by atoms with van der Waals surface area (Å²) < 4.78 is 6.27. The highest BCUT2D eigenvalue weighted by Gasteiger charge is 2.42. The number of nitriles is 1. The number of carbonyl (C=O) groups is 3. The van der Waals surface area contributed by atoms with Crippen LogP contribution in [0.15, 0.2) is 30.5 Å². The third-order valence-electron chi connectivity index (χ3n) is 5.31. The molecule has 1 unspecified atom stereocenters. The zero-order chi connectivity index (χ0) is 20.5. The summed E-state index contributed by atoms with van der Waals surface area (Å²) in [5.41, 5.74) is 6.81. The molecule has 1 aliphatic heterocycles. The lowest BCUT2D eigenvalue weighted by atomic mass is 9.72. The summed E-state index contributed by atoms with van der Waals surface area (Å²) in [6.45, 7) is 1.91. The van der Waals surface area contributed by atoms with Crippen molar-refractivity contribution in [3.63, 3.8) is 0 Å². The number of methoxy groups -OCH3 is 1. The highest BCUT2D eigenvalue weighted by Crippen LogP contribution is 2.36. The number of piperidine rings is 1. The maximum atomic E-state index is 12.5. The normalized spacial score (nSPS) is 19.0. The lowest BCUT2D eigenvalue weighted by Crippen LogP contribution is -2.51. The second-order valence-electron chi connectivity index (χ2n) is 6.64. The van der Waals surface area contributed by atoms with Crippen molar-refractivity contribution in [3.8, 4) is 11.8 Å². The molecule has 2 heterocycles. The van der Waals surface area contributed by atoms with Crippen LogP contribution >= 0.6 is 0 Å². The van der Waals surface area contributed by atoms with Gasteiger partial charge in [-0.2, -0.15) is 5.26 Å². The minimum Gasteiger partial charge on any atom is -0.464 e. The smallest absolute Gasteiger partial charge is 0.357 e. The largest absolute Gasteiger partial charge is 0.464 e. The third-order valence-corrected chi connectivity index (χ3v) is 5.31. The number of nitrogens with two attached hydrogens (primary N) is 1. The number of hydrogen-bond acceptors (Lipinski definition) is 6. The van der Waals surface area contributed by atoms with Crippen molar-refractivity contribution in [3.05, 3.63) is 47.3 Å². The molecule has 2 aromatic rings. The van der Waals surface area contributed by atoms with Crippen molar-refractivity contribution in [1.29, 1.82) is 5.26 Å². The van der Waals surface area contributed by atoms with E-state index in [0.29, 0.717) is 18.5 Å². The molecule has 2 amide bonds. The van der Waals surface area contributed by atoms with Crippen LogP contribution in [0, 0.1) is 11.3 Å². The average Bonchev–Trinajstić information content (AvgIpc) is 3.04. The van der Waals surface area contributed by atoms with Crippen LogP contribution in [0.5, 0.6) is 0 Å². The van der Waals surface area contributed by atoms with E-state index < -0.39 is 11.4 Å². The van der Waals surface area contributed by atoms with Crippen LogP contribution in [0.2, 0.25) is 0 Å². The van der Waals surface area contributed by atoms with Crippen molar-refractivity contribution in [2.24, 2.45) is 0 Å². The van der Waals surface area contributed by atoms with Crippen molar-refractivity contribution in [2.45, 2.75) is 31.6 Å². The van der Waals surface area contributed by atoms with Crippen LogP contribution in [0.1, 0.15) is 47.8 Å². The Kier molecular flexibility index (Phi) is 4.92. The van der Waals surface area contributed by atoms with E-state index in [1.165, 1.54) is 17.9 Å². The molecule has 1 aliphatic rings. The summed E-state index contributed by atoms with van der Waals surface area (Å²) in [6.07, 6.45) is 2.75. The lowest BCUT2D eigenvalue weighted by molar-refractivity contribution is -0.138. The molecule has 1 aromatic heterocycles. The number of anilines is 1. The molecule has 1 fully saturated rings. The molecule has 0 bridgehead atoms. The topological polar surface area (TPSA) is 127 Å². The molecule has 1 aromatic carbocycles. The van der Waals surface area contributed by atoms with Gasteiger partial charge in [-0.3, -0.25) is 14.9 Å². The van der Waals surface area contributed by atoms with Crippen LogP contribution in [-0.4, -0.2) is 29.5 Å². The minimum absolute atomic E-state index is 0.0497. The number of ether oxygens (including phenoxy) is 1. The van der Waals surface area contributed by atoms with Crippen LogP contribution < -0.4 is 11.1 Å². The first kappa shape index (κ1) is 19.2. The molecule has 8 heteroatoms. The van der Waals surface area contributed by atoms with Gasteiger partial charge in [0.1, 0.15) is 6.07 Å². The van der Waals surface area contributed by atoms with Gasteiger partial charge in [0, 0.05) is 18.3 Å². The monoisotopic (exact) mass is 380 g/mol. The predicted octanol–water partition coefficient (Wildman–Crippen LogP) is 1.80. The Labute approximate surface area is 161 Å². The average molecular weight is 380 g/mol. The third kappa shape index (κ3) is 2.91. The number of hydrogen-bond donors (Lipinski definition) is 2. The van der Waals surface area contributed by atoms with Crippen molar-refractivity contribution >= 4 is 23.5 Å². The van der Waals surface area contributed by atoms with Crippen LogP contribution in [0.4, 0.5) is 5.69 Å². The number of aromatic nitrogens is 1. The van der Waals surface area contributed by atoms with Crippen molar-refractivity contribution in [1.82, 2.24) is 9.88 Å². The van der Waals surface area contributed by atoms with E-state index in [1.807, 2.05) is 13.0 Å². The van der Waals surface area contributed by atoms with E-state index in [1.54, 1.807) is 24.3 Å². The molecule has 0 aliphatic carbocycles. The van der Waals surface area contributed by atoms with E-state index in [9.17, 15) is 19.6 Å². The number of imide groups is 1. The van der Waals surface area contributed by atoms with Crippen LogP contribution in [-0.2, 0) is 19.7 Å². The first-order valence-electron chi connectivity index (χ1n) is 8.82. The Morgan fingerprint density at radius 3 is 2.57 bits per heavy atom. The van der Waals surface area contributed by atoms with Crippen molar-refractivity contribution < 1.29 is 19.1 Å². The summed E-state index contributed by atoms with van der Waals surface area (Å²) >= 11 is 0. The predicted molar refractivity (Wildman–Crippen MR) is 101 cm³/mol. The molecular formula is C20H20N4O4. The van der Waals surface area contributed by atoms with E-state index in [2.05, 4.69) is 5.32 Å². The molecular weight excluding hydrogens is 360 g/mol. The maximum absolute atomic E-state index is 12.5. The molecule has 28 heavy (non-hydrogen) atoms. The van der Waals surface area contributed by atoms with Gasteiger partial charge in [0.25, 0.3) is 0 Å². The van der Waals surface area contributed by atoms with Gasteiger partial charge in [0.15, 0.2) is 5.69 Å². The number of esters is 1. The van der Waals surface area contributed by atoms with Crippen LogP contribution in [0.25, 0.3) is 5.69 Å². The minimum atomic E-state index is -0.773. The Balaban J connectivity index is 2.05. The fraction of sp³-hybridized carbons (Fsp3) is 0.300. The SMILES string of the molecule is CCC1(c2ccc(-n3cc(C#N)c(N)c3C(=O)OC)cc2)CCC(=O)NC1=O. The van der Waals surface area contributed by atoms with Gasteiger partial charge in [-0.25, -0.2) is 4.79 Å². The van der Waals surface area contributed by atoms with Gasteiger partial charge in [0.2, 0.25) is 11.8 Å². The first-order chi connectivity index (χ1) is 13.4. The Hall–Kier alpha value is -3.60. The molecule has 0 saturated carbocycles. The summed E-state index contributed by atoms with van der Waals surface area (Å²) in [5.74, 6) is -1.22. The summed E-state index contributed by atoms with van der Waals surface area (Å²) in [6, 6.07) is 9.01. The van der Waals surface area contributed by atoms with Crippen molar-refractivity contribution in [2.75, 3.05) is 12.8 Å². The van der Waals surface area contributed by atoms with Crippen LogP contribution in [0.3, 0.4) is 0 Å². The Bertz CT molecular complexity index is 1000. The Morgan fingerprint density at radius 2 is 2.04 bits per heavy atom. The van der Waals surface area contributed by atoms with Gasteiger partial charge < -0.3 is 15.0 Å². The van der Waals surface area contributed by atoms with Gasteiger partial charge in [-0.05, 0) is 30.5 Å². The second-order valence-corrected chi connectivity index (χ2v) is 6.64. The molecule has 3 rings (SSSR count). The van der Waals surface area contributed by atoms with Gasteiger partial charge in [-0.15, -0.1) is 0 Å². The number of nitrogens with zero attached hydrogens (tertiary/aromatic N) is 2. The summed E-state index contributed by atoms with van der Waals surface area (Å²) in [4.78, 5) is 36.2. The molecule has 0 spiro atoms. The van der Waals surface area contributed by atoms with Gasteiger partial charge in [0.05, 0.1) is 23.8 Å². The number of carbonyl (C=O) groups excluding carboxylic acids is 3. The van der Waals surface area contributed by atoms with E-state index in [0.717, 1.165) is 5.56 Å². The number of benzene rings is 1. The molecule has 1 saturated heterocycles. The zero-order valence-electron chi connectivity index (χ0n) is 15.6. The lowest BCUT2D eigenvalue weighted by Gasteiger charge is -2.35. The number of rotatable bonds is 4. The number of nitrogen functional groups attached to an aromatic ring is 1. The number of nitrogens with one attached hydrogen (secondary N) is 1. The fourth-order valence-electron chi connectivity index (χ4n) is 3.63. The highest BCUT2D eigenvalue weighted by molar-refractivity contribution is 6.03. The fourth-order valence-corrected chi connectivity index (χ4v) is 3.63. The molecule has 3 N–H and O–H groups in total. The van der Waals surface area contributed by atoms with E-state index in [4.69, 9.17) is 10.5 Å². The van der Waals surface area contributed by atoms with Gasteiger partial charge in [-0.1, -0.05) is 19.1 Å². The molecule has 144 valence electrons. The first-order valence-corrected chi connectivity index (χ1v) is 8.82. The number of amides is 2. The second kappa shape index (κ2) is 7.19.